The van der Waals surface area contributed by atoms with Crippen molar-refractivity contribution in [1.82, 2.24) is 10.6 Å². The van der Waals surface area contributed by atoms with Crippen LogP contribution in [0, 0.1) is 0 Å². The molecule has 0 saturated carbocycles. The van der Waals surface area contributed by atoms with Crippen LogP contribution in [-0.2, 0) is 11.3 Å². The standard InChI is InChI=1S/C13H19BrN2O/c14-12-3-1-2-11(8-12)9-15-5-4-13-10-17-7-6-16-13/h1-3,8,13,15-16H,4-7,9-10H2. The number of hydrogen-bond acceptors (Lipinski definition) is 3. The number of halogens is 1. The maximum absolute atomic E-state index is 5.42. The zero-order chi connectivity index (χ0) is 11.9. The number of hydrogen-bond donors (Lipinski definition) is 2. The highest BCUT2D eigenvalue weighted by Gasteiger charge is 2.11. The topological polar surface area (TPSA) is 33.3 Å². The third kappa shape index (κ3) is 4.76. The van der Waals surface area contributed by atoms with Crippen LogP contribution in [0.5, 0.6) is 0 Å². The molecule has 2 rings (SSSR count). The minimum Gasteiger partial charge on any atom is -0.379 e. The Morgan fingerprint density at radius 3 is 3.18 bits per heavy atom. The molecule has 1 saturated heterocycles. The summed E-state index contributed by atoms with van der Waals surface area (Å²) in [4.78, 5) is 0. The second-order valence-electron chi connectivity index (χ2n) is 4.32. The van der Waals surface area contributed by atoms with Crippen molar-refractivity contribution in [2.75, 3.05) is 26.3 Å². The minimum atomic E-state index is 0.513. The van der Waals surface area contributed by atoms with Crippen molar-refractivity contribution >= 4 is 15.9 Å². The molecule has 0 radical (unpaired) electrons. The van der Waals surface area contributed by atoms with Gasteiger partial charge in [0, 0.05) is 23.6 Å². The molecule has 0 spiro atoms. The summed E-state index contributed by atoms with van der Waals surface area (Å²) in [6.07, 6.45) is 1.12. The first-order valence-electron chi connectivity index (χ1n) is 6.11. The maximum atomic E-state index is 5.42. The summed E-state index contributed by atoms with van der Waals surface area (Å²) in [7, 11) is 0. The van der Waals surface area contributed by atoms with Gasteiger partial charge < -0.3 is 15.4 Å². The second kappa shape index (κ2) is 7.11. The number of morpholine rings is 1. The van der Waals surface area contributed by atoms with Crippen molar-refractivity contribution in [3.8, 4) is 0 Å². The van der Waals surface area contributed by atoms with E-state index in [4.69, 9.17) is 4.74 Å². The second-order valence-corrected chi connectivity index (χ2v) is 5.24. The predicted octanol–water partition coefficient (Wildman–Crippen LogP) is 1.92. The molecule has 2 N–H and O–H groups in total. The van der Waals surface area contributed by atoms with Gasteiger partial charge in [0.15, 0.2) is 0 Å². The Bertz CT molecular complexity index is 340. The summed E-state index contributed by atoms with van der Waals surface area (Å²) < 4.78 is 6.55. The Hall–Kier alpha value is -0.420. The quantitative estimate of drug-likeness (QED) is 0.815. The normalized spacial score (nSPS) is 20.4. The van der Waals surface area contributed by atoms with E-state index in [-0.39, 0.29) is 0 Å². The monoisotopic (exact) mass is 298 g/mol. The van der Waals surface area contributed by atoms with Gasteiger partial charge in [-0.2, -0.15) is 0 Å². The molecule has 1 fully saturated rings. The molecular formula is C13H19BrN2O. The fraction of sp³-hybridized carbons (Fsp3) is 0.538. The SMILES string of the molecule is Brc1cccc(CNCCC2COCCN2)c1. The van der Waals surface area contributed by atoms with Crippen LogP contribution >= 0.6 is 15.9 Å². The molecule has 1 aliphatic rings. The van der Waals surface area contributed by atoms with Crippen molar-refractivity contribution in [3.63, 3.8) is 0 Å². The maximum Gasteiger partial charge on any atom is 0.0620 e. The van der Waals surface area contributed by atoms with E-state index >= 15 is 0 Å². The smallest absolute Gasteiger partial charge is 0.0620 e. The number of ether oxygens (including phenoxy) is 1. The Kier molecular flexibility index (Phi) is 5.45. The molecule has 1 aromatic carbocycles. The fourth-order valence-electron chi connectivity index (χ4n) is 1.96. The van der Waals surface area contributed by atoms with Gasteiger partial charge in [0.25, 0.3) is 0 Å². The highest BCUT2D eigenvalue weighted by Crippen LogP contribution is 2.11. The lowest BCUT2D eigenvalue weighted by Gasteiger charge is -2.23. The van der Waals surface area contributed by atoms with Gasteiger partial charge in [0.2, 0.25) is 0 Å². The van der Waals surface area contributed by atoms with E-state index in [1.807, 2.05) is 6.07 Å². The third-order valence-electron chi connectivity index (χ3n) is 2.89. The number of benzene rings is 1. The lowest BCUT2D eigenvalue weighted by atomic mass is 10.2. The average molecular weight is 299 g/mol. The van der Waals surface area contributed by atoms with Crippen LogP contribution in [0.2, 0.25) is 0 Å². The number of nitrogens with one attached hydrogen (secondary N) is 2. The van der Waals surface area contributed by atoms with Crippen LogP contribution < -0.4 is 10.6 Å². The summed E-state index contributed by atoms with van der Waals surface area (Å²) in [6.45, 7) is 4.62. The zero-order valence-corrected chi connectivity index (χ0v) is 11.5. The van der Waals surface area contributed by atoms with Gasteiger partial charge in [-0.1, -0.05) is 28.1 Å². The largest absolute Gasteiger partial charge is 0.379 e. The molecule has 0 aromatic heterocycles. The molecule has 4 heteroatoms. The molecule has 0 bridgehead atoms. The van der Waals surface area contributed by atoms with Gasteiger partial charge in [-0.25, -0.2) is 0 Å². The van der Waals surface area contributed by atoms with E-state index in [2.05, 4.69) is 44.8 Å². The molecule has 1 aliphatic heterocycles. The van der Waals surface area contributed by atoms with Gasteiger partial charge in [0.05, 0.1) is 13.2 Å². The van der Waals surface area contributed by atoms with Crippen LogP contribution in [0.1, 0.15) is 12.0 Å². The van der Waals surface area contributed by atoms with E-state index in [0.717, 1.165) is 43.7 Å². The van der Waals surface area contributed by atoms with Gasteiger partial charge in [-0.15, -0.1) is 0 Å². The Balaban J connectivity index is 1.62. The van der Waals surface area contributed by atoms with Gasteiger partial charge >= 0.3 is 0 Å². The lowest BCUT2D eigenvalue weighted by Crippen LogP contribution is -2.42. The van der Waals surface area contributed by atoms with Crippen LogP contribution in [0.4, 0.5) is 0 Å². The first-order valence-corrected chi connectivity index (χ1v) is 6.90. The van der Waals surface area contributed by atoms with Crippen molar-refractivity contribution in [2.24, 2.45) is 0 Å². The highest BCUT2D eigenvalue weighted by atomic mass is 79.9. The van der Waals surface area contributed by atoms with Crippen molar-refractivity contribution in [2.45, 2.75) is 19.0 Å². The Labute approximate surface area is 111 Å². The number of rotatable bonds is 5. The lowest BCUT2D eigenvalue weighted by molar-refractivity contribution is 0.0742. The van der Waals surface area contributed by atoms with Gasteiger partial charge in [-0.3, -0.25) is 0 Å². The van der Waals surface area contributed by atoms with E-state index in [0.29, 0.717) is 6.04 Å². The highest BCUT2D eigenvalue weighted by molar-refractivity contribution is 9.10. The molecule has 1 unspecified atom stereocenters. The van der Waals surface area contributed by atoms with Crippen molar-refractivity contribution in [3.05, 3.63) is 34.3 Å². The van der Waals surface area contributed by atoms with E-state index in [1.165, 1.54) is 5.56 Å². The Morgan fingerprint density at radius 1 is 1.47 bits per heavy atom. The summed E-state index contributed by atoms with van der Waals surface area (Å²) in [5.74, 6) is 0. The van der Waals surface area contributed by atoms with Gasteiger partial charge in [-0.05, 0) is 30.7 Å². The summed E-state index contributed by atoms with van der Waals surface area (Å²) in [5, 5.41) is 6.91. The van der Waals surface area contributed by atoms with Gasteiger partial charge in [0.1, 0.15) is 0 Å². The predicted molar refractivity (Wildman–Crippen MR) is 73.1 cm³/mol. The van der Waals surface area contributed by atoms with Crippen LogP contribution in [0.25, 0.3) is 0 Å². The van der Waals surface area contributed by atoms with Crippen molar-refractivity contribution in [1.29, 1.82) is 0 Å². The molecule has 3 nitrogen and oxygen atoms in total. The summed E-state index contributed by atoms with van der Waals surface area (Å²) >= 11 is 3.48. The molecule has 0 amide bonds. The van der Waals surface area contributed by atoms with E-state index in [1.54, 1.807) is 0 Å². The van der Waals surface area contributed by atoms with E-state index in [9.17, 15) is 0 Å². The average Bonchev–Trinajstić information content (AvgIpc) is 2.36. The Morgan fingerprint density at radius 2 is 2.41 bits per heavy atom. The molecule has 1 atom stereocenters. The first kappa shape index (κ1) is 13.0. The molecular weight excluding hydrogens is 280 g/mol. The van der Waals surface area contributed by atoms with Crippen LogP contribution in [0.3, 0.4) is 0 Å². The molecule has 1 aromatic rings. The molecule has 17 heavy (non-hydrogen) atoms. The van der Waals surface area contributed by atoms with Crippen molar-refractivity contribution < 1.29 is 4.74 Å². The van der Waals surface area contributed by atoms with Crippen LogP contribution in [0.15, 0.2) is 28.7 Å². The zero-order valence-electron chi connectivity index (χ0n) is 9.92. The minimum absolute atomic E-state index is 0.513. The summed E-state index contributed by atoms with van der Waals surface area (Å²) in [6, 6.07) is 8.91. The van der Waals surface area contributed by atoms with Crippen LogP contribution in [-0.4, -0.2) is 32.3 Å². The first-order chi connectivity index (χ1) is 8.34. The summed E-state index contributed by atoms with van der Waals surface area (Å²) in [5.41, 5.74) is 1.31. The third-order valence-corrected chi connectivity index (χ3v) is 3.38. The molecule has 0 aliphatic carbocycles. The van der Waals surface area contributed by atoms with E-state index < -0.39 is 0 Å². The fourth-order valence-corrected chi connectivity index (χ4v) is 2.41. The molecule has 94 valence electrons. The molecule has 1 heterocycles.